The summed E-state index contributed by atoms with van der Waals surface area (Å²) >= 11 is 0. The molecular formula is C17H16O. The van der Waals surface area contributed by atoms with Crippen LogP contribution in [0.3, 0.4) is 0 Å². The molecule has 0 aromatic heterocycles. The van der Waals surface area contributed by atoms with Gasteiger partial charge in [-0.3, -0.25) is 0 Å². The van der Waals surface area contributed by atoms with Crippen molar-refractivity contribution in [2.45, 2.75) is 20.0 Å². The lowest BCUT2D eigenvalue weighted by molar-refractivity contribution is 0.251. The van der Waals surface area contributed by atoms with Crippen LogP contribution in [0.5, 0.6) is 5.75 Å². The molecule has 90 valence electrons. The molecule has 18 heavy (non-hydrogen) atoms. The number of hydrogen-bond donors (Lipinski definition) is 0. The molecule has 1 aliphatic rings. The van der Waals surface area contributed by atoms with Gasteiger partial charge in [0.25, 0.3) is 0 Å². The summed E-state index contributed by atoms with van der Waals surface area (Å²) < 4.78 is 6.09. The highest BCUT2D eigenvalue weighted by Crippen LogP contribution is 2.35. The van der Waals surface area contributed by atoms with E-state index in [1.807, 2.05) is 18.2 Å². The van der Waals surface area contributed by atoms with E-state index in [1.165, 1.54) is 22.3 Å². The van der Waals surface area contributed by atoms with Gasteiger partial charge in [0.05, 0.1) is 0 Å². The fourth-order valence-corrected chi connectivity index (χ4v) is 2.43. The van der Waals surface area contributed by atoms with Gasteiger partial charge in [-0.15, -0.1) is 0 Å². The number of ether oxygens (including phenoxy) is 1. The Hall–Kier alpha value is -2.02. The van der Waals surface area contributed by atoms with Crippen molar-refractivity contribution in [2.24, 2.45) is 0 Å². The summed E-state index contributed by atoms with van der Waals surface area (Å²) in [6, 6.07) is 14.6. The fourth-order valence-electron chi connectivity index (χ4n) is 2.43. The Morgan fingerprint density at radius 3 is 2.56 bits per heavy atom. The van der Waals surface area contributed by atoms with Gasteiger partial charge in [-0.25, -0.2) is 0 Å². The first kappa shape index (κ1) is 11.1. The third kappa shape index (κ3) is 1.92. The van der Waals surface area contributed by atoms with E-state index in [4.69, 9.17) is 4.74 Å². The summed E-state index contributed by atoms with van der Waals surface area (Å²) in [5.41, 5.74) is 4.91. The molecule has 0 fully saturated rings. The summed E-state index contributed by atoms with van der Waals surface area (Å²) in [6.45, 7) is 4.23. The maximum Gasteiger partial charge on any atom is 0.142 e. The second kappa shape index (κ2) is 4.34. The first-order valence-electron chi connectivity index (χ1n) is 6.25. The average Bonchev–Trinajstić information content (AvgIpc) is 2.39. The minimum absolute atomic E-state index is 0.0277. The molecule has 1 atom stereocenters. The van der Waals surface area contributed by atoms with Crippen molar-refractivity contribution < 1.29 is 4.74 Å². The van der Waals surface area contributed by atoms with Crippen LogP contribution in [0.25, 0.3) is 6.08 Å². The normalized spacial score (nSPS) is 17.1. The molecule has 0 aliphatic carbocycles. The van der Waals surface area contributed by atoms with Crippen LogP contribution in [0.2, 0.25) is 0 Å². The number of rotatable bonds is 1. The number of fused-ring (bicyclic) bond motifs is 1. The lowest BCUT2D eigenvalue weighted by Crippen LogP contribution is -2.09. The second-order valence-electron chi connectivity index (χ2n) is 4.80. The van der Waals surface area contributed by atoms with Crippen LogP contribution in [-0.4, -0.2) is 0 Å². The van der Waals surface area contributed by atoms with Crippen LogP contribution in [0.4, 0.5) is 0 Å². The smallest absolute Gasteiger partial charge is 0.142 e. The van der Waals surface area contributed by atoms with Crippen molar-refractivity contribution in [2.75, 3.05) is 0 Å². The van der Waals surface area contributed by atoms with Crippen molar-refractivity contribution in [3.05, 3.63) is 70.8 Å². The van der Waals surface area contributed by atoms with Gasteiger partial charge in [0.15, 0.2) is 0 Å². The summed E-state index contributed by atoms with van der Waals surface area (Å²) in [6.07, 6.45) is 4.32. The summed E-state index contributed by atoms with van der Waals surface area (Å²) in [7, 11) is 0. The van der Waals surface area contributed by atoms with E-state index < -0.39 is 0 Å². The zero-order valence-electron chi connectivity index (χ0n) is 10.7. The van der Waals surface area contributed by atoms with Gasteiger partial charge in [-0.1, -0.05) is 42.5 Å². The van der Waals surface area contributed by atoms with Crippen molar-refractivity contribution in [3.63, 3.8) is 0 Å². The zero-order chi connectivity index (χ0) is 12.5. The van der Waals surface area contributed by atoms with E-state index >= 15 is 0 Å². The monoisotopic (exact) mass is 236 g/mol. The summed E-state index contributed by atoms with van der Waals surface area (Å²) in [5, 5.41) is 0. The Balaban J connectivity index is 1.99. The van der Waals surface area contributed by atoms with E-state index in [9.17, 15) is 0 Å². The quantitative estimate of drug-likeness (QED) is 0.710. The van der Waals surface area contributed by atoms with E-state index in [0.29, 0.717) is 0 Å². The standard InChI is InChI=1S/C17H16O/c1-12-10-13(2)15-8-9-16(18-17(15)11-12)14-6-4-3-5-7-14/h3-11,16H,1-2H3. The molecule has 3 rings (SSSR count). The van der Waals surface area contributed by atoms with Gasteiger partial charge in [-0.2, -0.15) is 0 Å². The summed E-state index contributed by atoms with van der Waals surface area (Å²) in [4.78, 5) is 0. The lowest BCUT2D eigenvalue weighted by atomic mass is 9.99. The molecule has 0 saturated heterocycles. The molecule has 0 spiro atoms. The largest absolute Gasteiger partial charge is 0.481 e. The minimum Gasteiger partial charge on any atom is -0.481 e. The van der Waals surface area contributed by atoms with Gasteiger partial charge >= 0.3 is 0 Å². The number of benzene rings is 2. The maximum atomic E-state index is 6.09. The predicted molar refractivity (Wildman–Crippen MR) is 74.8 cm³/mol. The van der Waals surface area contributed by atoms with Crippen molar-refractivity contribution in [3.8, 4) is 5.75 Å². The first-order valence-corrected chi connectivity index (χ1v) is 6.25. The number of aryl methyl sites for hydroxylation is 2. The Morgan fingerprint density at radius 2 is 1.78 bits per heavy atom. The summed E-state index contributed by atoms with van der Waals surface area (Å²) in [5.74, 6) is 0.990. The molecule has 1 nitrogen and oxygen atoms in total. The van der Waals surface area contributed by atoms with Gasteiger partial charge in [0.1, 0.15) is 11.9 Å². The van der Waals surface area contributed by atoms with Gasteiger partial charge in [-0.05, 0) is 42.7 Å². The van der Waals surface area contributed by atoms with E-state index in [1.54, 1.807) is 0 Å². The third-order valence-corrected chi connectivity index (χ3v) is 3.31. The Morgan fingerprint density at radius 1 is 1.00 bits per heavy atom. The molecule has 0 radical (unpaired) electrons. The lowest BCUT2D eigenvalue weighted by Gasteiger charge is -2.23. The van der Waals surface area contributed by atoms with Crippen LogP contribution in [0.15, 0.2) is 48.5 Å². The molecule has 0 amide bonds. The van der Waals surface area contributed by atoms with Crippen molar-refractivity contribution in [1.82, 2.24) is 0 Å². The Bertz CT molecular complexity index is 597. The molecule has 0 saturated carbocycles. The fraction of sp³-hybridized carbons (Fsp3) is 0.176. The average molecular weight is 236 g/mol. The highest BCUT2D eigenvalue weighted by molar-refractivity contribution is 5.64. The molecule has 2 aromatic rings. The highest BCUT2D eigenvalue weighted by Gasteiger charge is 2.17. The SMILES string of the molecule is Cc1cc(C)c2c(c1)OC(c1ccccc1)C=C2. The molecule has 1 heteroatoms. The topological polar surface area (TPSA) is 9.23 Å². The van der Waals surface area contributed by atoms with Crippen molar-refractivity contribution in [1.29, 1.82) is 0 Å². The molecular weight excluding hydrogens is 220 g/mol. The van der Waals surface area contributed by atoms with Gasteiger partial charge in [0.2, 0.25) is 0 Å². The molecule has 2 aromatic carbocycles. The van der Waals surface area contributed by atoms with Crippen molar-refractivity contribution >= 4 is 6.08 Å². The van der Waals surface area contributed by atoms with E-state index in [2.05, 4.69) is 50.3 Å². The minimum atomic E-state index is 0.0277. The van der Waals surface area contributed by atoms with Crippen LogP contribution < -0.4 is 4.74 Å². The highest BCUT2D eigenvalue weighted by atomic mass is 16.5. The van der Waals surface area contributed by atoms with Gasteiger partial charge < -0.3 is 4.74 Å². The molecule has 1 unspecified atom stereocenters. The van der Waals surface area contributed by atoms with Gasteiger partial charge in [0, 0.05) is 5.56 Å². The Labute approximate surface area is 108 Å². The zero-order valence-corrected chi connectivity index (χ0v) is 10.7. The third-order valence-electron chi connectivity index (χ3n) is 3.31. The maximum absolute atomic E-state index is 6.09. The molecule has 1 aliphatic heterocycles. The second-order valence-corrected chi connectivity index (χ2v) is 4.80. The predicted octanol–water partition coefficient (Wildman–Crippen LogP) is 4.45. The molecule has 1 heterocycles. The first-order chi connectivity index (χ1) is 8.74. The van der Waals surface area contributed by atoms with Crippen LogP contribution >= 0.6 is 0 Å². The van der Waals surface area contributed by atoms with Crippen LogP contribution in [-0.2, 0) is 0 Å². The van der Waals surface area contributed by atoms with E-state index in [0.717, 1.165) is 5.75 Å². The number of hydrogen-bond acceptors (Lipinski definition) is 1. The van der Waals surface area contributed by atoms with Crippen LogP contribution in [0, 0.1) is 13.8 Å². The van der Waals surface area contributed by atoms with Crippen LogP contribution in [0.1, 0.15) is 28.4 Å². The Kier molecular flexibility index (Phi) is 2.67. The van der Waals surface area contributed by atoms with E-state index in [-0.39, 0.29) is 6.10 Å². The molecule has 0 bridgehead atoms. The molecule has 0 N–H and O–H groups in total.